The number of ether oxygens (including phenoxy) is 2. The molecule has 1 aromatic rings. The molecule has 6 atom stereocenters. The van der Waals surface area contributed by atoms with Crippen molar-refractivity contribution in [2.24, 2.45) is 17.8 Å². The van der Waals surface area contributed by atoms with Crippen molar-refractivity contribution in [2.45, 2.75) is 57.3 Å². The lowest BCUT2D eigenvalue weighted by molar-refractivity contribution is -0.160. The van der Waals surface area contributed by atoms with Crippen LogP contribution in [0, 0.1) is 17.8 Å². The molecule has 3 unspecified atom stereocenters. The molecule has 0 aromatic heterocycles. The van der Waals surface area contributed by atoms with Crippen LogP contribution in [-0.2, 0) is 23.9 Å². The Morgan fingerprint density at radius 1 is 1.33 bits per heavy atom. The summed E-state index contributed by atoms with van der Waals surface area (Å²) in [4.78, 5) is 42.0. The smallest absolute Gasteiger partial charge is 0.312 e. The number of nitrogens with one attached hydrogen (secondary N) is 1. The molecule has 0 radical (unpaired) electrons. The van der Waals surface area contributed by atoms with Crippen LogP contribution in [0.4, 0.5) is 5.69 Å². The summed E-state index contributed by atoms with van der Waals surface area (Å²) >= 11 is 6.26. The van der Waals surface area contributed by atoms with Crippen LogP contribution >= 0.6 is 11.6 Å². The highest BCUT2D eigenvalue weighted by Crippen LogP contribution is 2.65. The van der Waals surface area contributed by atoms with E-state index in [1.165, 1.54) is 4.90 Å². The van der Waals surface area contributed by atoms with Crippen molar-refractivity contribution >= 4 is 35.1 Å². The van der Waals surface area contributed by atoms with Crippen LogP contribution in [0.3, 0.4) is 0 Å². The maximum absolute atomic E-state index is 13.7. The molecule has 3 aliphatic rings. The molecule has 0 saturated carbocycles. The second kappa shape index (κ2) is 8.89. The first-order chi connectivity index (χ1) is 15.7. The number of likely N-dealkylation sites (tertiary alicyclic amines) is 1. The molecule has 2 bridgehead atoms. The number of para-hydroxylation sites is 1. The molecule has 1 aromatic carbocycles. The molecular weight excluding hydrogens is 448 g/mol. The fourth-order valence-corrected chi connectivity index (χ4v) is 6.21. The highest BCUT2D eigenvalue weighted by atomic mass is 35.5. The van der Waals surface area contributed by atoms with E-state index < -0.39 is 41.0 Å². The van der Waals surface area contributed by atoms with Crippen molar-refractivity contribution in [3.63, 3.8) is 0 Å². The van der Waals surface area contributed by atoms with Crippen molar-refractivity contribution in [1.29, 1.82) is 0 Å². The Kier molecular flexibility index (Phi) is 6.46. The second-order valence-corrected chi connectivity index (χ2v) is 9.79. The molecule has 2 amide bonds. The number of halogens is 1. The van der Waals surface area contributed by atoms with E-state index in [2.05, 4.69) is 5.32 Å². The molecule has 3 heterocycles. The molecule has 3 saturated heterocycles. The van der Waals surface area contributed by atoms with E-state index in [0.717, 1.165) is 0 Å². The second-order valence-electron chi connectivity index (χ2n) is 9.39. The van der Waals surface area contributed by atoms with Gasteiger partial charge in [0.2, 0.25) is 11.8 Å². The summed E-state index contributed by atoms with van der Waals surface area (Å²) in [6.45, 7) is 6.03. The third-order valence-corrected chi connectivity index (χ3v) is 7.87. The van der Waals surface area contributed by atoms with Crippen molar-refractivity contribution < 1.29 is 29.0 Å². The Labute approximate surface area is 198 Å². The number of hydrogen-bond acceptors (Lipinski definition) is 6. The maximum atomic E-state index is 13.7. The Bertz CT molecular complexity index is 957. The largest absolute Gasteiger partial charge is 0.466 e. The molecule has 1 spiro atoms. The predicted molar refractivity (Wildman–Crippen MR) is 122 cm³/mol. The number of unbranched alkanes of at least 4 members (excludes halogenated alkanes) is 1. The van der Waals surface area contributed by atoms with Gasteiger partial charge in [-0.1, -0.05) is 30.7 Å². The van der Waals surface area contributed by atoms with E-state index >= 15 is 0 Å². The number of aliphatic hydroxyl groups is 1. The summed E-state index contributed by atoms with van der Waals surface area (Å²) in [5.74, 6) is -2.77. The van der Waals surface area contributed by atoms with Gasteiger partial charge in [-0.05, 0) is 51.2 Å². The summed E-state index contributed by atoms with van der Waals surface area (Å²) < 4.78 is 11.9. The molecule has 3 aliphatic heterocycles. The van der Waals surface area contributed by atoms with E-state index in [4.69, 9.17) is 21.1 Å². The minimum absolute atomic E-state index is 0.00978. The number of carbonyl (C=O) groups is 3. The van der Waals surface area contributed by atoms with E-state index in [-0.39, 0.29) is 31.6 Å². The minimum Gasteiger partial charge on any atom is -0.466 e. The number of benzene rings is 1. The van der Waals surface area contributed by atoms with E-state index in [1.54, 1.807) is 31.2 Å². The topological polar surface area (TPSA) is 105 Å². The fourth-order valence-electron chi connectivity index (χ4n) is 6.03. The standard InChI is InChI=1S/C24H31ClN2O6/c1-4-32-22(31)18-17-21(30)27(11-7-8-12-28)19(24(17)13-14(2)23(18,3)33-24)20(29)26-16-10-6-5-9-15(16)25/h5-6,9-10,14,17-19,28H,4,7-8,11-13H2,1-3H3,(H,26,29)/t14?,17-,18+,19?,23-,24?/m0/s1. The molecule has 4 rings (SSSR count). The van der Waals surface area contributed by atoms with Crippen LogP contribution in [0.1, 0.15) is 40.0 Å². The number of fused-ring (bicyclic) bond motifs is 1. The minimum atomic E-state index is -1.13. The molecule has 33 heavy (non-hydrogen) atoms. The quantitative estimate of drug-likeness (QED) is 0.439. The normalized spacial score (nSPS) is 34.5. The summed E-state index contributed by atoms with van der Waals surface area (Å²) in [6, 6.07) is 5.98. The van der Waals surface area contributed by atoms with Gasteiger partial charge in [-0.2, -0.15) is 0 Å². The highest BCUT2D eigenvalue weighted by molar-refractivity contribution is 6.33. The van der Waals surface area contributed by atoms with Gasteiger partial charge in [0, 0.05) is 13.2 Å². The van der Waals surface area contributed by atoms with Crippen molar-refractivity contribution in [2.75, 3.05) is 25.1 Å². The van der Waals surface area contributed by atoms with Gasteiger partial charge in [-0.25, -0.2) is 0 Å². The van der Waals surface area contributed by atoms with Gasteiger partial charge in [-0.3, -0.25) is 14.4 Å². The van der Waals surface area contributed by atoms with Crippen LogP contribution in [0.5, 0.6) is 0 Å². The molecule has 0 aliphatic carbocycles. The lowest BCUT2D eigenvalue weighted by Crippen LogP contribution is -2.54. The lowest BCUT2D eigenvalue weighted by Gasteiger charge is -2.35. The number of hydrogen-bond donors (Lipinski definition) is 2. The number of anilines is 1. The Hall–Kier alpha value is -2.16. The molecule has 180 valence electrons. The number of aliphatic hydroxyl groups excluding tert-OH is 1. The van der Waals surface area contributed by atoms with E-state index in [1.807, 2.05) is 13.8 Å². The number of esters is 1. The summed E-state index contributed by atoms with van der Waals surface area (Å²) in [5, 5.41) is 12.5. The molecule has 8 nitrogen and oxygen atoms in total. The molecule has 3 fully saturated rings. The van der Waals surface area contributed by atoms with Gasteiger partial charge in [0.15, 0.2) is 0 Å². The van der Waals surface area contributed by atoms with Crippen LogP contribution in [0.15, 0.2) is 24.3 Å². The Balaban J connectivity index is 1.74. The first-order valence-electron chi connectivity index (χ1n) is 11.5. The van der Waals surface area contributed by atoms with E-state index in [9.17, 15) is 19.5 Å². The van der Waals surface area contributed by atoms with E-state index in [0.29, 0.717) is 30.0 Å². The number of carbonyl (C=O) groups excluding carboxylic acids is 3. The number of nitrogens with zero attached hydrogens (tertiary/aromatic N) is 1. The van der Waals surface area contributed by atoms with Crippen LogP contribution in [0.2, 0.25) is 5.02 Å². The zero-order valence-electron chi connectivity index (χ0n) is 19.2. The van der Waals surface area contributed by atoms with Crippen molar-refractivity contribution in [1.82, 2.24) is 4.90 Å². The monoisotopic (exact) mass is 478 g/mol. The van der Waals surface area contributed by atoms with Gasteiger partial charge in [0.05, 0.1) is 28.8 Å². The average molecular weight is 479 g/mol. The third kappa shape index (κ3) is 3.63. The first kappa shape index (κ1) is 24.0. The van der Waals surface area contributed by atoms with Crippen LogP contribution in [0.25, 0.3) is 0 Å². The molecule has 9 heteroatoms. The Morgan fingerprint density at radius 3 is 2.73 bits per heavy atom. The number of amides is 2. The zero-order valence-corrected chi connectivity index (χ0v) is 19.9. The van der Waals surface area contributed by atoms with Crippen molar-refractivity contribution in [3.05, 3.63) is 29.3 Å². The highest BCUT2D eigenvalue weighted by Gasteiger charge is 2.80. The predicted octanol–water partition coefficient (Wildman–Crippen LogP) is 2.62. The molecular formula is C24H31ClN2O6. The van der Waals surface area contributed by atoms with Crippen molar-refractivity contribution in [3.8, 4) is 0 Å². The van der Waals surface area contributed by atoms with Gasteiger partial charge < -0.3 is 24.8 Å². The van der Waals surface area contributed by atoms with Crippen LogP contribution < -0.4 is 5.32 Å². The first-order valence-corrected chi connectivity index (χ1v) is 11.9. The van der Waals surface area contributed by atoms with Gasteiger partial charge in [0.1, 0.15) is 17.6 Å². The van der Waals surface area contributed by atoms with Gasteiger partial charge >= 0.3 is 5.97 Å². The Morgan fingerprint density at radius 2 is 2.06 bits per heavy atom. The SMILES string of the molecule is CCOC(=O)[C@H]1[C@H]2C(=O)N(CCCCO)C(C(=O)Nc3ccccc3Cl)C23CC(C)[C@]1(C)O3. The maximum Gasteiger partial charge on any atom is 0.312 e. The van der Waals surface area contributed by atoms with Gasteiger partial charge in [0.25, 0.3) is 0 Å². The lowest BCUT2D eigenvalue weighted by atomic mass is 9.62. The zero-order chi connectivity index (χ0) is 24.0. The van der Waals surface area contributed by atoms with Gasteiger partial charge in [-0.15, -0.1) is 0 Å². The van der Waals surface area contributed by atoms with Crippen LogP contribution in [-0.4, -0.2) is 64.8 Å². The molecule has 2 N–H and O–H groups in total. The summed E-state index contributed by atoms with van der Waals surface area (Å²) in [7, 11) is 0. The summed E-state index contributed by atoms with van der Waals surface area (Å²) in [6.07, 6.45) is 1.50. The third-order valence-electron chi connectivity index (χ3n) is 7.54. The average Bonchev–Trinajstić information content (AvgIpc) is 3.27. The number of rotatable bonds is 8. The fraction of sp³-hybridized carbons (Fsp3) is 0.625. The summed E-state index contributed by atoms with van der Waals surface area (Å²) in [5.41, 5.74) is -1.58.